The number of likely N-dealkylation sites (tertiary alicyclic amines) is 1. The van der Waals surface area contributed by atoms with Gasteiger partial charge in [-0.15, -0.1) is 0 Å². The first kappa shape index (κ1) is 15.7. The van der Waals surface area contributed by atoms with Crippen LogP contribution in [0.5, 0.6) is 0 Å². The smallest absolute Gasteiger partial charge is 0.326 e. The van der Waals surface area contributed by atoms with Crippen LogP contribution in [0.3, 0.4) is 0 Å². The van der Waals surface area contributed by atoms with Crippen molar-refractivity contribution >= 4 is 12.0 Å². The van der Waals surface area contributed by atoms with E-state index in [1.54, 1.807) is 4.90 Å². The highest BCUT2D eigenvalue weighted by atomic mass is 16.4. The summed E-state index contributed by atoms with van der Waals surface area (Å²) in [6.45, 7) is 3.00. The molecule has 0 aliphatic carbocycles. The van der Waals surface area contributed by atoms with E-state index in [1.807, 2.05) is 14.1 Å². The van der Waals surface area contributed by atoms with Gasteiger partial charge in [-0.05, 0) is 20.0 Å². The molecular weight excluding hydrogens is 250 g/mol. The number of urea groups is 1. The number of nitrogens with zero attached hydrogens (tertiary/aromatic N) is 2. The van der Waals surface area contributed by atoms with Gasteiger partial charge in [-0.3, -0.25) is 0 Å². The number of carboxylic acids is 1. The van der Waals surface area contributed by atoms with Crippen LogP contribution in [-0.4, -0.2) is 77.9 Å². The minimum atomic E-state index is -1.13. The minimum absolute atomic E-state index is 0.0155. The standard InChI is InChI=1S/C12H23N3O4/c1-8-6-15(7-10(8)14(2)3)12(19)13-9(4-5-16)11(17)18/h8-10,16H,4-7H2,1-3H3,(H,13,19)(H,17,18). The second-order valence-electron chi connectivity index (χ2n) is 5.27. The molecule has 1 saturated heterocycles. The van der Waals surface area contributed by atoms with Crippen LogP contribution in [0.1, 0.15) is 13.3 Å². The molecule has 0 radical (unpaired) electrons. The molecule has 0 saturated carbocycles. The molecule has 1 fully saturated rings. The molecule has 2 amide bonds. The summed E-state index contributed by atoms with van der Waals surface area (Å²) >= 11 is 0. The van der Waals surface area contributed by atoms with E-state index in [1.165, 1.54) is 0 Å². The SMILES string of the molecule is CC1CN(C(=O)NC(CCO)C(=O)O)CC1N(C)C. The van der Waals surface area contributed by atoms with Crippen LogP contribution >= 0.6 is 0 Å². The summed E-state index contributed by atoms with van der Waals surface area (Å²) in [4.78, 5) is 26.6. The number of hydrogen-bond donors (Lipinski definition) is 3. The van der Waals surface area contributed by atoms with Crippen molar-refractivity contribution in [1.29, 1.82) is 0 Å². The lowest BCUT2D eigenvalue weighted by molar-refractivity contribution is -0.139. The normalized spacial score (nSPS) is 24.6. The largest absolute Gasteiger partial charge is 0.480 e. The van der Waals surface area contributed by atoms with Crippen molar-refractivity contribution in [2.75, 3.05) is 33.8 Å². The number of carbonyl (C=O) groups is 2. The Labute approximate surface area is 113 Å². The summed E-state index contributed by atoms with van der Waals surface area (Å²) in [7, 11) is 3.93. The summed E-state index contributed by atoms with van der Waals surface area (Å²) in [5.74, 6) is -0.777. The van der Waals surface area contributed by atoms with Crippen molar-refractivity contribution in [3.63, 3.8) is 0 Å². The fraction of sp³-hybridized carbons (Fsp3) is 0.833. The molecule has 3 atom stereocenters. The number of nitrogens with one attached hydrogen (secondary N) is 1. The van der Waals surface area contributed by atoms with E-state index in [9.17, 15) is 9.59 Å². The topological polar surface area (TPSA) is 93.1 Å². The number of aliphatic hydroxyl groups excluding tert-OH is 1. The maximum Gasteiger partial charge on any atom is 0.326 e. The lowest BCUT2D eigenvalue weighted by atomic mass is 10.1. The molecular formula is C12H23N3O4. The Morgan fingerprint density at radius 3 is 2.47 bits per heavy atom. The highest BCUT2D eigenvalue weighted by Gasteiger charge is 2.34. The van der Waals surface area contributed by atoms with E-state index in [2.05, 4.69) is 17.1 Å². The van der Waals surface area contributed by atoms with Crippen LogP contribution in [0, 0.1) is 5.92 Å². The van der Waals surface area contributed by atoms with Crippen molar-refractivity contribution in [1.82, 2.24) is 15.1 Å². The van der Waals surface area contributed by atoms with E-state index >= 15 is 0 Å². The Morgan fingerprint density at radius 2 is 2.05 bits per heavy atom. The van der Waals surface area contributed by atoms with Crippen molar-refractivity contribution in [2.45, 2.75) is 25.4 Å². The number of amides is 2. The van der Waals surface area contributed by atoms with Gasteiger partial charge in [0.1, 0.15) is 6.04 Å². The van der Waals surface area contributed by atoms with E-state index in [-0.39, 0.29) is 25.1 Å². The van der Waals surface area contributed by atoms with Crippen molar-refractivity contribution in [2.24, 2.45) is 5.92 Å². The van der Waals surface area contributed by atoms with Crippen LogP contribution in [0.4, 0.5) is 4.79 Å². The zero-order valence-corrected chi connectivity index (χ0v) is 11.7. The summed E-state index contributed by atoms with van der Waals surface area (Å²) in [5.41, 5.74) is 0. The second kappa shape index (κ2) is 6.72. The lowest BCUT2D eigenvalue weighted by Gasteiger charge is -2.23. The Kier molecular flexibility index (Phi) is 5.56. The average molecular weight is 273 g/mol. The van der Waals surface area contributed by atoms with Crippen LogP contribution in [0.25, 0.3) is 0 Å². The second-order valence-corrected chi connectivity index (χ2v) is 5.27. The lowest BCUT2D eigenvalue weighted by Crippen LogP contribution is -2.48. The molecule has 0 bridgehead atoms. The van der Waals surface area contributed by atoms with Gasteiger partial charge in [0.25, 0.3) is 0 Å². The molecule has 1 heterocycles. The minimum Gasteiger partial charge on any atom is -0.480 e. The van der Waals surface area contributed by atoms with Crippen molar-refractivity contribution in [3.8, 4) is 0 Å². The van der Waals surface area contributed by atoms with Gasteiger partial charge < -0.3 is 25.3 Å². The number of rotatable bonds is 5. The first-order valence-corrected chi connectivity index (χ1v) is 6.42. The molecule has 110 valence electrons. The van der Waals surface area contributed by atoms with Gasteiger partial charge in [-0.2, -0.15) is 0 Å². The fourth-order valence-electron chi connectivity index (χ4n) is 2.41. The molecule has 7 heteroatoms. The first-order chi connectivity index (χ1) is 8.86. The third-order valence-corrected chi connectivity index (χ3v) is 3.54. The average Bonchev–Trinajstić information content (AvgIpc) is 2.70. The van der Waals surface area contributed by atoms with Crippen molar-refractivity contribution in [3.05, 3.63) is 0 Å². The highest BCUT2D eigenvalue weighted by molar-refractivity contribution is 5.82. The zero-order chi connectivity index (χ0) is 14.6. The van der Waals surface area contributed by atoms with Crippen LogP contribution in [-0.2, 0) is 4.79 Å². The Hall–Kier alpha value is -1.34. The number of carboxylic acid groups (broad SMARTS) is 1. The van der Waals surface area contributed by atoms with Crippen LogP contribution < -0.4 is 5.32 Å². The molecule has 7 nitrogen and oxygen atoms in total. The number of aliphatic carboxylic acids is 1. The summed E-state index contributed by atoms with van der Waals surface area (Å²) in [6, 6.07) is -1.13. The number of carbonyl (C=O) groups excluding carboxylic acids is 1. The first-order valence-electron chi connectivity index (χ1n) is 6.42. The highest BCUT2D eigenvalue weighted by Crippen LogP contribution is 2.19. The quantitative estimate of drug-likeness (QED) is 0.623. The van der Waals surface area contributed by atoms with Gasteiger partial charge >= 0.3 is 12.0 Å². The molecule has 0 spiro atoms. The fourth-order valence-corrected chi connectivity index (χ4v) is 2.41. The third-order valence-electron chi connectivity index (χ3n) is 3.54. The molecule has 0 aromatic carbocycles. The van der Waals surface area contributed by atoms with E-state index in [0.717, 1.165) is 0 Å². The Morgan fingerprint density at radius 1 is 1.42 bits per heavy atom. The maximum atomic E-state index is 12.0. The van der Waals surface area contributed by atoms with Gasteiger partial charge in [-0.25, -0.2) is 9.59 Å². The number of hydrogen-bond acceptors (Lipinski definition) is 4. The number of aliphatic hydroxyl groups is 1. The third kappa shape index (κ3) is 4.07. The monoisotopic (exact) mass is 273 g/mol. The summed E-state index contributed by atoms with van der Waals surface area (Å²) in [5, 5.41) is 20.2. The molecule has 3 N–H and O–H groups in total. The van der Waals surface area contributed by atoms with E-state index < -0.39 is 12.0 Å². The molecule has 0 aromatic rings. The predicted molar refractivity (Wildman–Crippen MR) is 69.9 cm³/mol. The van der Waals surface area contributed by atoms with Crippen LogP contribution in [0.2, 0.25) is 0 Å². The van der Waals surface area contributed by atoms with E-state index in [0.29, 0.717) is 19.0 Å². The molecule has 1 aliphatic heterocycles. The summed E-state index contributed by atoms with van der Waals surface area (Å²) < 4.78 is 0. The predicted octanol–water partition coefficient (Wildman–Crippen LogP) is -0.586. The molecule has 1 aliphatic rings. The van der Waals surface area contributed by atoms with E-state index in [4.69, 9.17) is 10.2 Å². The van der Waals surface area contributed by atoms with Crippen molar-refractivity contribution < 1.29 is 19.8 Å². The molecule has 1 rings (SSSR count). The number of likely N-dealkylation sites (N-methyl/N-ethyl adjacent to an activating group) is 1. The Bertz CT molecular complexity index is 335. The molecule has 3 unspecified atom stereocenters. The van der Waals surface area contributed by atoms with Gasteiger partial charge in [0.15, 0.2) is 0 Å². The summed E-state index contributed by atoms with van der Waals surface area (Å²) in [6.07, 6.45) is 0.0155. The van der Waals surface area contributed by atoms with Gasteiger partial charge in [0.05, 0.1) is 0 Å². The van der Waals surface area contributed by atoms with Gasteiger partial charge in [0.2, 0.25) is 0 Å². The van der Waals surface area contributed by atoms with Crippen LogP contribution in [0.15, 0.2) is 0 Å². The zero-order valence-electron chi connectivity index (χ0n) is 11.7. The Balaban J connectivity index is 2.57. The molecule has 0 aromatic heterocycles. The van der Waals surface area contributed by atoms with Gasteiger partial charge in [-0.1, -0.05) is 6.92 Å². The maximum absolute atomic E-state index is 12.0. The van der Waals surface area contributed by atoms with Gasteiger partial charge in [0, 0.05) is 32.2 Å². The molecule has 19 heavy (non-hydrogen) atoms.